The van der Waals surface area contributed by atoms with E-state index >= 15 is 0 Å². The van der Waals surface area contributed by atoms with Crippen LogP contribution in [0.1, 0.15) is 58.3 Å². The van der Waals surface area contributed by atoms with Gasteiger partial charge >= 0.3 is 12.0 Å². The van der Waals surface area contributed by atoms with Gasteiger partial charge in [0.15, 0.2) is 0 Å². The van der Waals surface area contributed by atoms with Crippen molar-refractivity contribution in [3.63, 3.8) is 0 Å². The van der Waals surface area contributed by atoms with Crippen molar-refractivity contribution in [3.05, 3.63) is 0 Å². The van der Waals surface area contributed by atoms with Crippen LogP contribution in [0.3, 0.4) is 0 Å². The first kappa shape index (κ1) is 18.2. The van der Waals surface area contributed by atoms with Crippen molar-refractivity contribution in [3.8, 4) is 0 Å². The molecule has 3 atom stereocenters. The molecule has 0 radical (unpaired) electrons. The average Bonchev–Trinajstić information content (AvgIpc) is 2.54. The van der Waals surface area contributed by atoms with Gasteiger partial charge in [0.1, 0.15) is 0 Å². The fourth-order valence-electron chi connectivity index (χ4n) is 3.65. The van der Waals surface area contributed by atoms with E-state index in [1.54, 1.807) is 0 Å². The van der Waals surface area contributed by atoms with Crippen LogP contribution in [0.25, 0.3) is 0 Å². The zero-order valence-electron chi connectivity index (χ0n) is 13.8. The Hall–Kier alpha value is -1.11. The average molecular weight is 344 g/mol. The summed E-state index contributed by atoms with van der Waals surface area (Å²) in [5, 5.41) is 15.2. The Labute approximate surface area is 140 Å². The van der Waals surface area contributed by atoms with E-state index in [0.29, 0.717) is 18.6 Å². The number of nitrogens with one attached hydrogen (secondary N) is 2. The fourth-order valence-corrected chi connectivity index (χ4v) is 5.00. The smallest absolute Gasteiger partial charge is 0.315 e. The van der Waals surface area contributed by atoms with E-state index in [1.807, 2.05) is 6.92 Å². The molecule has 0 aromatic carbocycles. The monoisotopic (exact) mass is 344 g/mol. The van der Waals surface area contributed by atoms with E-state index in [1.165, 1.54) is 0 Å². The van der Waals surface area contributed by atoms with E-state index in [0.717, 1.165) is 38.5 Å². The van der Waals surface area contributed by atoms with Crippen molar-refractivity contribution in [1.29, 1.82) is 0 Å². The summed E-state index contributed by atoms with van der Waals surface area (Å²) in [4.78, 5) is 23.1. The predicted molar refractivity (Wildman–Crippen MR) is 89.8 cm³/mol. The molecule has 2 amide bonds. The minimum Gasteiger partial charge on any atom is -0.481 e. The van der Waals surface area contributed by atoms with Crippen molar-refractivity contribution >= 4 is 22.8 Å². The highest BCUT2D eigenvalue weighted by molar-refractivity contribution is 7.85. The highest BCUT2D eigenvalue weighted by Gasteiger charge is 2.29. The summed E-state index contributed by atoms with van der Waals surface area (Å²) in [6.45, 7) is 1.94. The molecule has 23 heavy (non-hydrogen) atoms. The first-order chi connectivity index (χ1) is 11.0. The van der Waals surface area contributed by atoms with Crippen LogP contribution in [0.2, 0.25) is 0 Å². The molecule has 7 heteroatoms. The quantitative estimate of drug-likeness (QED) is 0.711. The molecule has 2 saturated carbocycles. The zero-order valence-corrected chi connectivity index (χ0v) is 14.6. The maximum Gasteiger partial charge on any atom is 0.315 e. The van der Waals surface area contributed by atoms with E-state index in [-0.39, 0.29) is 29.3 Å². The number of hydrogen-bond donors (Lipinski definition) is 3. The first-order valence-corrected chi connectivity index (χ1v) is 10.0. The number of urea groups is 1. The topological polar surface area (TPSA) is 95.5 Å². The zero-order chi connectivity index (χ0) is 16.8. The Morgan fingerprint density at radius 1 is 1.04 bits per heavy atom. The molecular formula is C16H28N2O4S. The van der Waals surface area contributed by atoms with E-state index in [2.05, 4.69) is 10.6 Å². The van der Waals surface area contributed by atoms with Crippen LogP contribution < -0.4 is 10.6 Å². The molecule has 2 aliphatic carbocycles. The van der Waals surface area contributed by atoms with Gasteiger partial charge in [-0.05, 0) is 44.9 Å². The summed E-state index contributed by atoms with van der Waals surface area (Å²) in [7, 11) is -0.791. The number of carboxylic acid groups (broad SMARTS) is 1. The molecule has 3 N–H and O–H groups in total. The second-order valence-corrected chi connectivity index (χ2v) is 8.67. The van der Waals surface area contributed by atoms with Gasteiger partial charge in [-0.2, -0.15) is 0 Å². The largest absolute Gasteiger partial charge is 0.481 e. The summed E-state index contributed by atoms with van der Waals surface area (Å²) >= 11 is 0. The van der Waals surface area contributed by atoms with Gasteiger partial charge in [0.2, 0.25) is 0 Å². The number of amides is 2. The Bertz CT molecular complexity index is 449. The minimum absolute atomic E-state index is 0.0646. The van der Waals surface area contributed by atoms with Gasteiger partial charge in [-0.25, -0.2) is 4.79 Å². The van der Waals surface area contributed by atoms with E-state index in [9.17, 15) is 13.8 Å². The molecule has 0 heterocycles. The second-order valence-electron chi connectivity index (χ2n) is 6.66. The standard InChI is InChI=1S/C16H28N2O4S/c1-2-23(22)14-5-3-4-13(10-14)18-16(21)17-12-8-6-11(7-9-12)15(19)20/h11-14H,2-10H2,1H3,(H,19,20)(H2,17,18,21). The van der Waals surface area contributed by atoms with Gasteiger partial charge in [-0.1, -0.05) is 13.3 Å². The molecule has 2 fully saturated rings. The molecule has 0 bridgehead atoms. The molecular weight excluding hydrogens is 316 g/mol. The lowest BCUT2D eigenvalue weighted by molar-refractivity contribution is -0.142. The third-order valence-corrected chi connectivity index (χ3v) is 6.77. The Balaban J connectivity index is 1.72. The molecule has 3 unspecified atom stereocenters. The maximum absolute atomic E-state index is 12.1. The summed E-state index contributed by atoms with van der Waals surface area (Å²) in [6, 6.07) is -0.00826. The number of carbonyl (C=O) groups excluding carboxylic acids is 1. The summed E-state index contributed by atoms with van der Waals surface area (Å²) < 4.78 is 11.9. The molecule has 0 saturated heterocycles. The number of carbonyl (C=O) groups is 2. The molecule has 0 aromatic heterocycles. The fraction of sp³-hybridized carbons (Fsp3) is 0.875. The van der Waals surface area contributed by atoms with Gasteiger partial charge in [-0.3, -0.25) is 9.00 Å². The third kappa shape index (κ3) is 5.48. The van der Waals surface area contributed by atoms with Crippen molar-refractivity contribution < 1.29 is 18.9 Å². The van der Waals surface area contributed by atoms with Crippen LogP contribution in [0.15, 0.2) is 0 Å². The molecule has 2 aliphatic rings. The Morgan fingerprint density at radius 2 is 1.70 bits per heavy atom. The van der Waals surface area contributed by atoms with E-state index < -0.39 is 16.8 Å². The van der Waals surface area contributed by atoms with Crippen LogP contribution in [-0.2, 0) is 15.6 Å². The second kappa shape index (κ2) is 8.66. The lowest BCUT2D eigenvalue weighted by atomic mass is 9.86. The highest BCUT2D eigenvalue weighted by Crippen LogP contribution is 2.25. The number of rotatable bonds is 5. The van der Waals surface area contributed by atoms with Gasteiger partial charge < -0.3 is 15.7 Å². The summed E-state index contributed by atoms with van der Waals surface area (Å²) in [5.41, 5.74) is 0. The minimum atomic E-state index is -0.791. The van der Waals surface area contributed by atoms with Crippen LogP contribution in [0, 0.1) is 5.92 Å². The van der Waals surface area contributed by atoms with Crippen molar-refractivity contribution in [2.75, 3.05) is 5.75 Å². The molecule has 0 aromatic rings. The van der Waals surface area contributed by atoms with Gasteiger partial charge in [0, 0.05) is 33.9 Å². The number of carboxylic acids is 1. The molecule has 6 nitrogen and oxygen atoms in total. The first-order valence-electron chi connectivity index (χ1n) is 8.66. The number of aliphatic carboxylic acids is 1. The van der Waals surface area contributed by atoms with Crippen LogP contribution >= 0.6 is 0 Å². The van der Waals surface area contributed by atoms with Crippen molar-refractivity contribution in [2.24, 2.45) is 5.92 Å². The van der Waals surface area contributed by atoms with Gasteiger partial charge in [0.05, 0.1) is 5.92 Å². The number of hydrogen-bond acceptors (Lipinski definition) is 3. The van der Waals surface area contributed by atoms with Crippen LogP contribution in [0.5, 0.6) is 0 Å². The maximum atomic E-state index is 12.1. The highest BCUT2D eigenvalue weighted by atomic mass is 32.2. The molecule has 2 rings (SSSR count). The lowest BCUT2D eigenvalue weighted by Gasteiger charge is -2.31. The van der Waals surface area contributed by atoms with Crippen LogP contribution in [-0.4, -0.2) is 44.4 Å². The van der Waals surface area contributed by atoms with Crippen molar-refractivity contribution in [1.82, 2.24) is 10.6 Å². The molecule has 0 aliphatic heterocycles. The summed E-state index contributed by atoms with van der Waals surface area (Å²) in [6.07, 6.45) is 6.42. The SMILES string of the molecule is CCS(=O)C1CCCC(NC(=O)NC2CCC(C(=O)O)CC2)C1. The van der Waals surface area contributed by atoms with Gasteiger partial charge in [0.25, 0.3) is 0 Å². The molecule has 132 valence electrons. The normalized spacial score (nSPS) is 32.7. The van der Waals surface area contributed by atoms with Crippen molar-refractivity contribution in [2.45, 2.75) is 75.6 Å². The predicted octanol–water partition coefficient (Wildman–Crippen LogP) is 2.01. The lowest BCUT2D eigenvalue weighted by Crippen LogP contribution is -2.49. The van der Waals surface area contributed by atoms with E-state index in [4.69, 9.17) is 5.11 Å². The van der Waals surface area contributed by atoms with Gasteiger partial charge in [-0.15, -0.1) is 0 Å². The Kier molecular flexibility index (Phi) is 6.87. The third-order valence-electron chi connectivity index (χ3n) is 5.03. The molecule has 0 spiro atoms. The Morgan fingerprint density at radius 3 is 2.30 bits per heavy atom. The summed E-state index contributed by atoms with van der Waals surface area (Å²) in [5.74, 6) is -0.319. The van der Waals surface area contributed by atoms with Crippen LogP contribution in [0.4, 0.5) is 4.79 Å².